The van der Waals surface area contributed by atoms with Crippen LogP contribution in [-0.4, -0.2) is 47.3 Å². The third-order valence-electron chi connectivity index (χ3n) is 11.8. The van der Waals surface area contributed by atoms with E-state index < -0.39 is 0 Å². The molecule has 6 nitrogen and oxygen atoms in total. The van der Waals surface area contributed by atoms with Crippen LogP contribution in [0.15, 0.2) is 0 Å². The Balaban J connectivity index is 1.26. The molecule has 0 aliphatic heterocycles. The smallest absolute Gasteiger partial charge is 0.220 e. The Morgan fingerprint density at radius 2 is 1.57 bits per heavy atom. The van der Waals surface area contributed by atoms with E-state index in [-0.39, 0.29) is 34.9 Å². The lowest BCUT2D eigenvalue weighted by molar-refractivity contribution is -0.174. The first-order chi connectivity index (χ1) is 17.6. The summed E-state index contributed by atoms with van der Waals surface area (Å²) in [5.41, 5.74) is 0.541. The molecule has 4 aliphatic rings. The number of amides is 2. The van der Waals surface area contributed by atoms with E-state index in [1.54, 1.807) is 0 Å². The van der Waals surface area contributed by atoms with Crippen LogP contribution >= 0.6 is 0 Å². The second kappa shape index (κ2) is 11.9. The number of nitrogens with one attached hydrogen (secondary N) is 2. The first kappa shape index (κ1) is 28.9. The zero-order valence-corrected chi connectivity index (χ0v) is 23.9. The van der Waals surface area contributed by atoms with Crippen LogP contribution in [-0.2, 0) is 9.59 Å². The molecule has 10 atom stereocenters. The molecule has 4 fully saturated rings. The van der Waals surface area contributed by atoms with Gasteiger partial charge in [-0.05, 0) is 123 Å². The number of rotatable bonds is 10. The van der Waals surface area contributed by atoms with Crippen LogP contribution in [0.1, 0.15) is 111 Å². The number of carbonyl (C=O) groups excluding carboxylic acids is 2. The summed E-state index contributed by atoms with van der Waals surface area (Å²) in [7, 11) is 0. The first-order valence-electron chi connectivity index (χ1n) is 15.4. The minimum Gasteiger partial charge on any atom is -0.393 e. The third-order valence-corrected chi connectivity index (χ3v) is 11.8. The molecule has 0 spiro atoms. The zero-order chi connectivity index (χ0) is 26.8. The molecule has 37 heavy (non-hydrogen) atoms. The Morgan fingerprint density at radius 3 is 2.30 bits per heavy atom. The van der Waals surface area contributed by atoms with Gasteiger partial charge < -0.3 is 20.8 Å². The number of carbonyl (C=O) groups is 2. The van der Waals surface area contributed by atoms with Crippen molar-refractivity contribution in [3.63, 3.8) is 0 Å². The number of hydrogen-bond acceptors (Lipinski definition) is 4. The summed E-state index contributed by atoms with van der Waals surface area (Å²) in [5, 5.41) is 27.6. The first-order valence-corrected chi connectivity index (χ1v) is 15.4. The van der Waals surface area contributed by atoms with Gasteiger partial charge in [0.25, 0.3) is 0 Å². The van der Waals surface area contributed by atoms with E-state index in [1.165, 1.54) is 32.6 Å². The van der Waals surface area contributed by atoms with Gasteiger partial charge in [0.1, 0.15) is 0 Å². The lowest BCUT2D eigenvalue weighted by atomic mass is 9.43. The average molecular weight is 519 g/mol. The predicted molar refractivity (Wildman–Crippen MR) is 147 cm³/mol. The van der Waals surface area contributed by atoms with Crippen LogP contribution in [0.25, 0.3) is 0 Å². The Morgan fingerprint density at radius 1 is 0.892 bits per heavy atom. The van der Waals surface area contributed by atoms with Gasteiger partial charge in [-0.2, -0.15) is 0 Å². The molecular weight excluding hydrogens is 464 g/mol. The van der Waals surface area contributed by atoms with E-state index in [2.05, 4.69) is 31.4 Å². The number of aliphatic hydroxyl groups excluding tert-OH is 2. The monoisotopic (exact) mass is 518 g/mol. The SMILES string of the molecule is CC(=O)NCCCCCNC(=O)CC[C@@H](C)[C@H]1CC[C@H]2[C@@H]3[C@@H](O)C[C@@H]4C[C@H](O)CC[C@]4(C)[C@H]3CC[C@]12C. The van der Waals surface area contributed by atoms with E-state index >= 15 is 0 Å². The van der Waals surface area contributed by atoms with Crippen LogP contribution in [0.3, 0.4) is 0 Å². The standard InChI is InChI=1S/C31H54N2O4/c1-20(8-11-28(37)33-17-7-5-6-16-32-21(2)34)24-9-10-25-29-26(13-15-31(24,25)4)30(3)14-12-23(35)18-22(30)19-27(29)36/h20,22-27,29,35-36H,5-19H2,1-4H3,(H,32,34)(H,33,37)/t20-,22+,23-,24-,25+,26+,27+,29+,30+,31-/m1/s1. The quantitative estimate of drug-likeness (QED) is 0.312. The van der Waals surface area contributed by atoms with E-state index in [0.29, 0.717) is 55.0 Å². The largest absolute Gasteiger partial charge is 0.393 e. The number of aliphatic hydroxyl groups is 2. The van der Waals surface area contributed by atoms with E-state index in [1.807, 2.05) is 0 Å². The molecule has 212 valence electrons. The lowest BCUT2D eigenvalue weighted by Gasteiger charge is -2.62. The van der Waals surface area contributed by atoms with Crippen molar-refractivity contribution in [2.45, 2.75) is 123 Å². The maximum absolute atomic E-state index is 12.5. The maximum Gasteiger partial charge on any atom is 0.220 e. The van der Waals surface area contributed by atoms with Crippen LogP contribution < -0.4 is 10.6 Å². The van der Waals surface area contributed by atoms with Gasteiger partial charge in [0.15, 0.2) is 0 Å². The second-order valence-corrected chi connectivity index (χ2v) is 13.9. The predicted octanol–water partition coefficient (Wildman–Crippen LogP) is 4.82. The Hall–Kier alpha value is -1.14. The summed E-state index contributed by atoms with van der Waals surface area (Å²) in [6.07, 6.45) is 12.7. The van der Waals surface area contributed by atoms with Crippen molar-refractivity contribution in [3.05, 3.63) is 0 Å². The Labute approximate surface area is 225 Å². The summed E-state index contributed by atoms with van der Waals surface area (Å²) >= 11 is 0. The highest BCUT2D eigenvalue weighted by Crippen LogP contribution is 2.68. The average Bonchev–Trinajstić information content (AvgIpc) is 3.20. The highest BCUT2D eigenvalue weighted by atomic mass is 16.3. The molecule has 4 aliphatic carbocycles. The molecular formula is C31H54N2O4. The Bertz CT molecular complexity index is 804. The maximum atomic E-state index is 12.5. The van der Waals surface area contributed by atoms with E-state index in [4.69, 9.17) is 0 Å². The van der Waals surface area contributed by atoms with Gasteiger partial charge in [-0.3, -0.25) is 9.59 Å². The highest BCUT2D eigenvalue weighted by Gasteiger charge is 2.62. The molecule has 4 saturated carbocycles. The Kier molecular flexibility index (Phi) is 9.31. The molecule has 4 rings (SSSR count). The van der Waals surface area contributed by atoms with E-state index in [9.17, 15) is 19.8 Å². The van der Waals surface area contributed by atoms with Crippen molar-refractivity contribution in [1.29, 1.82) is 0 Å². The summed E-state index contributed by atoms with van der Waals surface area (Å²) in [5.74, 6) is 3.37. The fraction of sp³-hybridized carbons (Fsp3) is 0.935. The molecule has 0 unspecified atom stereocenters. The van der Waals surface area contributed by atoms with Gasteiger partial charge in [-0.25, -0.2) is 0 Å². The van der Waals surface area contributed by atoms with E-state index in [0.717, 1.165) is 51.4 Å². The van der Waals surface area contributed by atoms with Crippen molar-refractivity contribution in [3.8, 4) is 0 Å². The molecule has 0 saturated heterocycles. The fourth-order valence-corrected chi connectivity index (χ4v) is 9.74. The van der Waals surface area contributed by atoms with Crippen molar-refractivity contribution >= 4 is 11.8 Å². The van der Waals surface area contributed by atoms with Gasteiger partial charge in [-0.1, -0.05) is 20.8 Å². The van der Waals surface area contributed by atoms with Crippen LogP contribution in [0.4, 0.5) is 0 Å². The van der Waals surface area contributed by atoms with Crippen LogP contribution in [0.5, 0.6) is 0 Å². The van der Waals surface area contributed by atoms with Crippen LogP contribution in [0, 0.1) is 46.3 Å². The van der Waals surface area contributed by atoms with Gasteiger partial charge in [-0.15, -0.1) is 0 Å². The van der Waals surface area contributed by atoms with Crippen molar-refractivity contribution in [2.24, 2.45) is 46.3 Å². The molecule has 0 heterocycles. The van der Waals surface area contributed by atoms with Crippen molar-refractivity contribution in [1.82, 2.24) is 10.6 Å². The summed E-state index contributed by atoms with van der Waals surface area (Å²) in [6, 6.07) is 0. The summed E-state index contributed by atoms with van der Waals surface area (Å²) < 4.78 is 0. The number of hydrogen-bond donors (Lipinski definition) is 4. The van der Waals surface area contributed by atoms with Gasteiger partial charge in [0.05, 0.1) is 12.2 Å². The second-order valence-electron chi connectivity index (χ2n) is 13.9. The number of fused-ring (bicyclic) bond motifs is 5. The molecule has 4 N–H and O–H groups in total. The highest BCUT2D eigenvalue weighted by molar-refractivity contribution is 5.75. The minimum atomic E-state index is -0.226. The molecule has 0 bridgehead atoms. The van der Waals surface area contributed by atoms with Crippen molar-refractivity contribution < 1.29 is 19.8 Å². The van der Waals surface area contributed by atoms with Gasteiger partial charge >= 0.3 is 0 Å². The number of unbranched alkanes of at least 4 members (excludes halogenated alkanes) is 2. The minimum absolute atomic E-state index is 0.0145. The van der Waals surface area contributed by atoms with Gasteiger partial charge in [0.2, 0.25) is 11.8 Å². The summed E-state index contributed by atoms with van der Waals surface area (Å²) in [6.45, 7) is 10.3. The lowest BCUT2D eigenvalue weighted by Crippen LogP contribution is -2.58. The normalized spacial score (nSPS) is 41.7. The molecule has 0 aromatic carbocycles. The van der Waals surface area contributed by atoms with Crippen LogP contribution in [0.2, 0.25) is 0 Å². The van der Waals surface area contributed by atoms with Crippen molar-refractivity contribution in [2.75, 3.05) is 13.1 Å². The molecule has 0 aromatic heterocycles. The van der Waals surface area contributed by atoms with Gasteiger partial charge in [0, 0.05) is 26.4 Å². The summed E-state index contributed by atoms with van der Waals surface area (Å²) in [4.78, 5) is 23.4. The zero-order valence-electron chi connectivity index (χ0n) is 23.9. The fourth-order valence-electron chi connectivity index (χ4n) is 9.74. The molecule has 2 amide bonds. The molecule has 0 aromatic rings. The topological polar surface area (TPSA) is 98.7 Å². The third kappa shape index (κ3) is 6.05. The molecule has 6 heteroatoms. The molecule has 0 radical (unpaired) electrons.